The fourth-order valence-electron chi connectivity index (χ4n) is 4.51. The van der Waals surface area contributed by atoms with Gasteiger partial charge < -0.3 is 0 Å². The second kappa shape index (κ2) is 6.36. The van der Waals surface area contributed by atoms with Crippen LogP contribution in [0.25, 0.3) is 33.4 Å². The van der Waals surface area contributed by atoms with Gasteiger partial charge in [0.1, 0.15) is 0 Å². The molecular formula is C27H21Cl. The smallest absolute Gasteiger partial charge is 0.0412 e. The fourth-order valence-corrected chi connectivity index (χ4v) is 4.68. The van der Waals surface area contributed by atoms with Crippen LogP contribution in [-0.2, 0) is 5.41 Å². The lowest BCUT2D eigenvalue weighted by molar-refractivity contribution is 0.660. The van der Waals surface area contributed by atoms with Gasteiger partial charge in [-0.05, 0) is 62.7 Å². The Kier molecular flexibility index (Phi) is 3.92. The maximum Gasteiger partial charge on any atom is 0.0412 e. The number of benzene rings is 4. The van der Waals surface area contributed by atoms with E-state index in [1.807, 2.05) is 12.1 Å². The minimum atomic E-state index is 0.0288. The first kappa shape index (κ1) is 17.3. The molecule has 0 aliphatic heterocycles. The zero-order valence-corrected chi connectivity index (χ0v) is 16.8. The highest BCUT2D eigenvalue weighted by molar-refractivity contribution is 6.31. The molecule has 28 heavy (non-hydrogen) atoms. The predicted octanol–water partition coefficient (Wildman–Crippen LogP) is 7.98. The summed E-state index contributed by atoms with van der Waals surface area (Å²) >= 11 is 6.40. The first-order chi connectivity index (χ1) is 13.6. The number of fused-ring (bicyclic) bond motifs is 3. The Morgan fingerprint density at radius 2 is 1.25 bits per heavy atom. The summed E-state index contributed by atoms with van der Waals surface area (Å²) in [7, 11) is 0. The number of hydrogen-bond donors (Lipinski definition) is 0. The van der Waals surface area contributed by atoms with Crippen LogP contribution in [0.4, 0.5) is 0 Å². The second-order valence-electron chi connectivity index (χ2n) is 7.99. The third-order valence-electron chi connectivity index (χ3n) is 5.96. The number of hydrogen-bond acceptors (Lipinski definition) is 0. The summed E-state index contributed by atoms with van der Waals surface area (Å²) in [4.78, 5) is 0. The Balaban J connectivity index is 1.74. The maximum absolute atomic E-state index is 6.40. The summed E-state index contributed by atoms with van der Waals surface area (Å²) < 4.78 is 0. The molecule has 0 saturated carbocycles. The minimum absolute atomic E-state index is 0.0288. The van der Waals surface area contributed by atoms with Crippen molar-refractivity contribution in [2.24, 2.45) is 0 Å². The molecule has 0 amide bonds. The summed E-state index contributed by atoms with van der Waals surface area (Å²) in [6.45, 7) is 4.62. The number of rotatable bonds is 2. The average Bonchev–Trinajstić information content (AvgIpc) is 2.96. The molecule has 1 aliphatic rings. The van der Waals surface area contributed by atoms with Crippen molar-refractivity contribution in [3.63, 3.8) is 0 Å². The molecule has 1 heteroatoms. The van der Waals surface area contributed by atoms with E-state index in [1.54, 1.807) is 0 Å². The van der Waals surface area contributed by atoms with Crippen LogP contribution in [0, 0.1) is 0 Å². The van der Waals surface area contributed by atoms with E-state index in [0.717, 1.165) is 5.02 Å². The Labute approximate surface area is 171 Å². The molecule has 0 heterocycles. The Morgan fingerprint density at radius 3 is 2.07 bits per heavy atom. The summed E-state index contributed by atoms with van der Waals surface area (Å²) in [5, 5.41) is 0.760. The highest BCUT2D eigenvalue weighted by atomic mass is 35.5. The first-order valence-corrected chi connectivity index (χ1v) is 10.0. The maximum atomic E-state index is 6.40. The topological polar surface area (TPSA) is 0 Å². The highest BCUT2D eigenvalue weighted by Gasteiger charge is 2.35. The van der Waals surface area contributed by atoms with Gasteiger partial charge in [0.15, 0.2) is 0 Å². The van der Waals surface area contributed by atoms with Crippen molar-refractivity contribution in [1.29, 1.82) is 0 Å². The summed E-state index contributed by atoms with van der Waals surface area (Å²) in [5.41, 5.74) is 10.3. The molecule has 0 spiro atoms. The molecule has 0 fully saturated rings. The van der Waals surface area contributed by atoms with Gasteiger partial charge >= 0.3 is 0 Å². The summed E-state index contributed by atoms with van der Waals surface area (Å²) in [6, 6.07) is 32.3. The van der Waals surface area contributed by atoms with Crippen LogP contribution in [-0.4, -0.2) is 0 Å². The third kappa shape index (κ3) is 2.60. The van der Waals surface area contributed by atoms with Gasteiger partial charge in [-0.15, -0.1) is 0 Å². The Morgan fingerprint density at radius 1 is 0.536 bits per heavy atom. The van der Waals surface area contributed by atoms with Crippen LogP contribution in [0.5, 0.6) is 0 Å². The van der Waals surface area contributed by atoms with E-state index < -0.39 is 0 Å². The molecule has 4 aromatic carbocycles. The lowest BCUT2D eigenvalue weighted by Crippen LogP contribution is -2.14. The zero-order chi connectivity index (χ0) is 19.3. The lowest BCUT2D eigenvalue weighted by atomic mass is 9.82. The van der Waals surface area contributed by atoms with Crippen molar-refractivity contribution in [3.05, 3.63) is 107 Å². The van der Waals surface area contributed by atoms with Crippen LogP contribution in [0.1, 0.15) is 25.0 Å². The monoisotopic (exact) mass is 380 g/mol. The standard InChI is InChI=1S/C27H21Cl/c1-27(2)25-11-7-6-10-22(25)24-16-19(12-15-26(24)27)23-17-20(28)13-14-21(23)18-8-4-3-5-9-18/h3-17H,1-2H3. The van der Waals surface area contributed by atoms with Crippen LogP contribution in [0.2, 0.25) is 5.02 Å². The molecule has 0 radical (unpaired) electrons. The molecule has 0 saturated heterocycles. The van der Waals surface area contributed by atoms with Gasteiger partial charge in [0, 0.05) is 10.4 Å². The molecule has 0 N–H and O–H groups in total. The van der Waals surface area contributed by atoms with Gasteiger partial charge in [0.25, 0.3) is 0 Å². The van der Waals surface area contributed by atoms with Gasteiger partial charge in [-0.3, -0.25) is 0 Å². The molecule has 0 atom stereocenters. The normalized spacial score (nSPS) is 13.8. The van der Waals surface area contributed by atoms with Gasteiger partial charge in [-0.2, -0.15) is 0 Å². The molecule has 1 aliphatic carbocycles. The SMILES string of the molecule is CC1(C)c2ccccc2-c2cc(-c3cc(Cl)ccc3-c3ccccc3)ccc21. The molecular weight excluding hydrogens is 360 g/mol. The van der Waals surface area contributed by atoms with E-state index in [9.17, 15) is 0 Å². The van der Waals surface area contributed by atoms with Crippen molar-refractivity contribution in [3.8, 4) is 33.4 Å². The van der Waals surface area contributed by atoms with Gasteiger partial charge in [0.2, 0.25) is 0 Å². The van der Waals surface area contributed by atoms with Crippen LogP contribution >= 0.6 is 11.6 Å². The summed E-state index contributed by atoms with van der Waals surface area (Å²) in [5.74, 6) is 0. The van der Waals surface area contributed by atoms with Gasteiger partial charge in [0.05, 0.1) is 0 Å². The lowest BCUT2D eigenvalue weighted by Gasteiger charge is -2.21. The molecule has 0 unspecified atom stereocenters. The predicted molar refractivity (Wildman–Crippen MR) is 120 cm³/mol. The zero-order valence-electron chi connectivity index (χ0n) is 16.0. The van der Waals surface area contributed by atoms with Crippen LogP contribution in [0.3, 0.4) is 0 Å². The molecule has 0 nitrogen and oxygen atoms in total. The molecule has 0 aromatic heterocycles. The Bertz CT molecular complexity index is 1190. The first-order valence-electron chi connectivity index (χ1n) is 9.65. The van der Waals surface area contributed by atoms with E-state index >= 15 is 0 Å². The fraction of sp³-hybridized carbons (Fsp3) is 0.111. The van der Waals surface area contributed by atoms with E-state index in [-0.39, 0.29) is 5.41 Å². The average molecular weight is 381 g/mol. The quantitative estimate of drug-likeness (QED) is 0.330. The van der Waals surface area contributed by atoms with Crippen LogP contribution in [0.15, 0.2) is 91.0 Å². The van der Waals surface area contributed by atoms with E-state index in [2.05, 4.69) is 92.7 Å². The minimum Gasteiger partial charge on any atom is -0.0843 e. The van der Waals surface area contributed by atoms with Crippen molar-refractivity contribution in [1.82, 2.24) is 0 Å². The molecule has 136 valence electrons. The van der Waals surface area contributed by atoms with Crippen molar-refractivity contribution in [2.45, 2.75) is 19.3 Å². The van der Waals surface area contributed by atoms with E-state index in [0.29, 0.717) is 0 Å². The van der Waals surface area contributed by atoms with E-state index in [4.69, 9.17) is 11.6 Å². The molecule has 5 rings (SSSR count). The van der Waals surface area contributed by atoms with Gasteiger partial charge in [-0.1, -0.05) is 98.2 Å². The highest BCUT2D eigenvalue weighted by Crippen LogP contribution is 2.50. The second-order valence-corrected chi connectivity index (χ2v) is 8.42. The van der Waals surface area contributed by atoms with Crippen molar-refractivity contribution < 1.29 is 0 Å². The Hall–Kier alpha value is -2.83. The molecule has 0 bridgehead atoms. The van der Waals surface area contributed by atoms with Gasteiger partial charge in [-0.25, -0.2) is 0 Å². The third-order valence-corrected chi connectivity index (χ3v) is 6.20. The van der Waals surface area contributed by atoms with Crippen molar-refractivity contribution in [2.75, 3.05) is 0 Å². The van der Waals surface area contributed by atoms with E-state index in [1.165, 1.54) is 44.5 Å². The largest absolute Gasteiger partial charge is 0.0843 e. The summed E-state index contributed by atoms with van der Waals surface area (Å²) in [6.07, 6.45) is 0. The van der Waals surface area contributed by atoms with Crippen molar-refractivity contribution >= 4 is 11.6 Å². The molecule has 4 aromatic rings. The van der Waals surface area contributed by atoms with Crippen LogP contribution < -0.4 is 0 Å². The number of halogens is 1.